The largest absolute Gasteiger partial charge is 0.481 e. The van der Waals surface area contributed by atoms with Crippen molar-refractivity contribution in [2.24, 2.45) is 0 Å². The molecule has 23 heavy (non-hydrogen) atoms. The second-order valence-corrected chi connectivity index (χ2v) is 5.40. The average molecular weight is 317 g/mol. The third-order valence-electron chi connectivity index (χ3n) is 3.51. The molecular formula is C16H19N3O4. The van der Waals surface area contributed by atoms with Gasteiger partial charge in [0.15, 0.2) is 6.10 Å². The van der Waals surface area contributed by atoms with Crippen LogP contribution in [0.3, 0.4) is 0 Å². The third kappa shape index (κ3) is 3.56. The quantitative estimate of drug-likeness (QED) is 0.624. The van der Waals surface area contributed by atoms with E-state index in [1.54, 1.807) is 19.9 Å². The second kappa shape index (κ2) is 6.60. The van der Waals surface area contributed by atoms with Crippen molar-refractivity contribution in [3.05, 3.63) is 51.3 Å². The molecule has 0 bridgehead atoms. The second-order valence-electron chi connectivity index (χ2n) is 5.40. The van der Waals surface area contributed by atoms with Gasteiger partial charge in [0, 0.05) is 17.3 Å². The maximum absolute atomic E-state index is 12.5. The molecule has 0 saturated heterocycles. The van der Waals surface area contributed by atoms with E-state index in [9.17, 15) is 14.9 Å². The monoisotopic (exact) mass is 317 g/mol. The van der Waals surface area contributed by atoms with Crippen molar-refractivity contribution in [1.29, 1.82) is 0 Å². The van der Waals surface area contributed by atoms with Gasteiger partial charge in [-0.1, -0.05) is 6.92 Å². The zero-order valence-corrected chi connectivity index (χ0v) is 13.6. The summed E-state index contributed by atoms with van der Waals surface area (Å²) in [5, 5.41) is 15.0. The fraction of sp³-hybridized carbons (Fsp3) is 0.375. The summed E-state index contributed by atoms with van der Waals surface area (Å²) in [6.45, 7) is 7.10. The van der Waals surface area contributed by atoms with Gasteiger partial charge in [-0.05, 0) is 45.4 Å². The molecule has 2 aromatic rings. The number of carbonyl (C=O) groups is 1. The molecule has 0 unspecified atom stereocenters. The zero-order valence-electron chi connectivity index (χ0n) is 13.6. The number of carbonyl (C=O) groups excluding carboxylic acids is 1. The molecule has 0 aliphatic heterocycles. The molecule has 0 saturated carbocycles. The summed E-state index contributed by atoms with van der Waals surface area (Å²) in [6.07, 6.45) is -0.235. The molecule has 2 rings (SSSR count). The number of benzene rings is 1. The molecule has 0 N–H and O–H groups in total. The van der Waals surface area contributed by atoms with Gasteiger partial charge in [-0.3, -0.25) is 14.9 Å². The van der Waals surface area contributed by atoms with Crippen LogP contribution < -0.4 is 4.74 Å². The molecule has 0 amide bonds. The minimum atomic E-state index is -0.700. The minimum absolute atomic E-state index is 0.0234. The van der Waals surface area contributed by atoms with Crippen molar-refractivity contribution < 1.29 is 14.5 Å². The number of hydrogen-bond donors (Lipinski definition) is 0. The van der Waals surface area contributed by atoms with Crippen LogP contribution in [0.15, 0.2) is 24.3 Å². The van der Waals surface area contributed by atoms with Gasteiger partial charge in [0.25, 0.3) is 11.6 Å². The Hall–Kier alpha value is -2.70. The number of aryl methyl sites for hydroxylation is 3. The highest BCUT2D eigenvalue weighted by atomic mass is 16.6. The fourth-order valence-electron chi connectivity index (χ4n) is 2.37. The van der Waals surface area contributed by atoms with Crippen LogP contribution in [0.4, 0.5) is 5.69 Å². The third-order valence-corrected chi connectivity index (χ3v) is 3.51. The topological polar surface area (TPSA) is 87.3 Å². The van der Waals surface area contributed by atoms with Crippen molar-refractivity contribution in [2.75, 3.05) is 0 Å². The Labute approximate surface area is 134 Å². The Bertz CT molecular complexity index is 752. The molecule has 1 heterocycles. The van der Waals surface area contributed by atoms with E-state index >= 15 is 0 Å². The number of nitro benzene ring substituents is 1. The first-order valence-corrected chi connectivity index (χ1v) is 7.32. The van der Waals surface area contributed by atoms with E-state index in [2.05, 4.69) is 5.10 Å². The van der Waals surface area contributed by atoms with E-state index < -0.39 is 11.0 Å². The molecule has 7 nitrogen and oxygen atoms in total. The molecular weight excluding hydrogens is 298 g/mol. The molecule has 0 fully saturated rings. The van der Waals surface area contributed by atoms with Crippen LogP contribution >= 0.6 is 0 Å². The number of nitro groups is 1. The molecule has 0 aliphatic rings. The number of aromatic nitrogens is 2. The number of ether oxygens (including phenoxy) is 1. The highest BCUT2D eigenvalue weighted by molar-refractivity contribution is 5.83. The van der Waals surface area contributed by atoms with Gasteiger partial charge in [-0.25, -0.2) is 4.68 Å². The number of hydrogen-bond acceptors (Lipinski definition) is 5. The first-order valence-electron chi connectivity index (χ1n) is 7.32. The molecule has 0 radical (unpaired) electrons. The maximum Gasteiger partial charge on any atom is 0.288 e. The van der Waals surface area contributed by atoms with Crippen molar-refractivity contribution in [3.8, 4) is 5.75 Å². The smallest absolute Gasteiger partial charge is 0.288 e. The van der Waals surface area contributed by atoms with E-state index in [1.165, 1.54) is 16.8 Å². The van der Waals surface area contributed by atoms with Gasteiger partial charge in [0.05, 0.1) is 10.6 Å². The summed E-state index contributed by atoms with van der Waals surface area (Å²) in [4.78, 5) is 22.9. The van der Waals surface area contributed by atoms with Crippen LogP contribution in [0.5, 0.6) is 5.75 Å². The highest BCUT2D eigenvalue weighted by Crippen LogP contribution is 2.24. The van der Waals surface area contributed by atoms with Crippen LogP contribution in [0, 0.1) is 30.9 Å². The van der Waals surface area contributed by atoms with E-state index in [0.717, 1.165) is 11.4 Å². The lowest BCUT2D eigenvalue weighted by atomic mass is 10.2. The van der Waals surface area contributed by atoms with E-state index in [1.807, 2.05) is 19.9 Å². The molecule has 1 aromatic heterocycles. The lowest BCUT2D eigenvalue weighted by molar-refractivity contribution is -0.385. The Morgan fingerprint density at radius 3 is 2.52 bits per heavy atom. The molecule has 0 spiro atoms. The summed E-state index contributed by atoms with van der Waals surface area (Å²) in [7, 11) is 0. The van der Waals surface area contributed by atoms with E-state index in [4.69, 9.17) is 4.74 Å². The molecule has 1 atom stereocenters. The summed E-state index contributed by atoms with van der Waals surface area (Å²) in [5.74, 6) is 0.170. The molecule has 0 aliphatic carbocycles. The van der Waals surface area contributed by atoms with E-state index in [0.29, 0.717) is 17.7 Å². The molecule has 122 valence electrons. The summed E-state index contributed by atoms with van der Waals surface area (Å²) in [6, 6.07) is 6.27. The van der Waals surface area contributed by atoms with Gasteiger partial charge in [-0.15, -0.1) is 0 Å². The highest BCUT2D eigenvalue weighted by Gasteiger charge is 2.23. The summed E-state index contributed by atoms with van der Waals surface area (Å²) < 4.78 is 7.06. The summed E-state index contributed by atoms with van der Waals surface area (Å²) in [5.41, 5.74) is 2.02. The van der Waals surface area contributed by atoms with Crippen LogP contribution in [-0.4, -0.2) is 26.7 Å². The van der Waals surface area contributed by atoms with Crippen LogP contribution in [0.25, 0.3) is 0 Å². The van der Waals surface area contributed by atoms with Crippen LogP contribution in [0.2, 0.25) is 0 Å². The van der Waals surface area contributed by atoms with Crippen molar-refractivity contribution in [3.63, 3.8) is 0 Å². The average Bonchev–Trinajstić information content (AvgIpc) is 2.82. The lowest BCUT2D eigenvalue weighted by Gasteiger charge is -2.17. The molecule has 7 heteroatoms. The van der Waals surface area contributed by atoms with Crippen molar-refractivity contribution in [1.82, 2.24) is 9.78 Å². The lowest BCUT2D eigenvalue weighted by Crippen LogP contribution is -2.33. The Kier molecular flexibility index (Phi) is 4.78. The number of rotatable bonds is 5. The fourth-order valence-corrected chi connectivity index (χ4v) is 2.37. The van der Waals surface area contributed by atoms with Gasteiger partial charge < -0.3 is 4.74 Å². The Balaban J connectivity index is 2.22. The van der Waals surface area contributed by atoms with Gasteiger partial charge in [0.2, 0.25) is 0 Å². The van der Waals surface area contributed by atoms with Gasteiger partial charge >= 0.3 is 0 Å². The Morgan fingerprint density at radius 2 is 2.04 bits per heavy atom. The summed E-state index contributed by atoms with van der Waals surface area (Å²) >= 11 is 0. The standard InChI is InChI=1S/C16H19N3O4/c1-5-15(16(20)18-12(4)9-11(3)17-18)23-13-6-7-14(19(21)22)10(2)8-13/h6-9,15H,5H2,1-4H3/t15-/m0/s1. The number of nitrogens with zero attached hydrogens (tertiary/aromatic N) is 3. The van der Waals surface area contributed by atoms with E-state index in [-0.39, 0.29) is 11.6 Å². The first kappa shape index (κ1) is 16.7. The predicted molar refractivity (Wildman–Crippen MR) is 84.9 cm³/mol. The van der Waals surface area contributed by atoms with Crippen LogP contribution in [-0.2, 0) is 0 Å². The van der Waals surface area contributed by atoms with Gasteiger partial charge in [-0.2, -0.15) is 5.10 Å². The Morgan fingerprint density at radius 1 is 1.35 bits per heavy atom. The molecule has 1 aromatic carbocycles. The van der Waals surface area contributed by atoms with Crippen molar-refractivity contribution >= 4 is 11.6 Å². The maximum atomic E-state index is 12.5. The SMILES string of the molecule is CC[C@H](Oc1ccc([N+](=O)[O-])c(C)c1)C(=O)n1nc(C)cc1C. The normalized spacial score (nSPS) is 12.0. The first-order chi connectivity index (χ1) is 10.8. The predicted octanol–water partition coefficient (Wildman–Crippen LogP) is 3.21. The van der Waals surface area contributed by atoms with Crippen LogP contribution in [0.1, 0.15) is 35.1 Å². The zero-order chi connectivity index (χ0) is 17.1. The minimum Gasteiger partial charge on any atom is -0.481 e. The van der Waals surface area contributed by atoms with Gasteiger partial charge in [0.1, 0.15) is 5.75 Å². The van der Waals surface area contributed by atoms with Crippen molar-refractivity contribution in [2.45, 2.75) is 40.2 Å².